The monoisotopic (exact) mass is 436 g/mol. The van der Waals surface area contributed by atoms with Gasteiger partial charge in [0.15, 0.2) is 5.11 Å². The lowest BCUT2D eigenvalue weighted by atomic mass is 9.96. The molecule has 7 heteroatoms. The van der Waals surface area contributed by atoms with Gasteiger partial charge in [0.05, 0.1) is 0 Å². The molecular formula is C24H28N4O2S. The lowest BCUT2D eigenvalue weighted by Gasteiger charge is -2.30. The molecule has 0 bridgehead atoms. The van der Waals surface area contributed by atoms with Crippen LogP contribution in [0.15, 0.2) is 54.6 Å². The Kier molecular flexibility index (Phi) is 7.78. The van der Waals surface area contributed by atoms with E-state index in [4.69, 9.17) is 12.2 Å². The van der Waals surface area contributed by atoms with Crippen LogP contribution in [-0.2, 0) is 9.59 Å². The molecule has 3 N–H and O–H groups in total. The fraction of sp³-hybridized carbons (Fsp3) is 0.292. The molecule has 0 unspecified atom stereocenters. The number of aryl methyl sites for hydroxylation is 1. The molecule has 1 aliphatic heterocycles. The molecule has 2 aromatic carbocycles. The topological polar surface area (TPSA) is 73.5 Å². The molecule has 2 amide bonds. The van der Waals surface area contributed by atoms with Gasteiger partial charge < -0.3 is 10.2 Å². The van der Waals surface area contributed by atoms with Gasteiger partial charge in [-0.2, -0.15) is 0 Å². The van der Waals surface area contributed by atoms with Crippen molar-refractivity contribution in [1.82, 2.24) is 15.8 Å². The summed E-state index contributed by atoms with van der Waals surface area (Å²) in [6.07, 6.45) is 4.65. The van der Waals surface area contributed by atoms with Crippen LogP contribution in [0.1, 0.15) is 29.5 Å². The van der Waals surface area contributed by atoms with Crippen molar-refractivity contribution in [2.75, 3.05) is 18.4 Å². The first-order valence-corrected chi connectivity index (χ1v) is 10.8. The Labute approximate surface area is 188 Å². The summed E-state index contributed by atoms with van der Waals surface area (Å²) in [5.41, 5.74) is 9.63. The minimum absolute atomic E-state index is 0.0280. The standard InChI is InChI=1S/C24H28N4O2S/c1-17-7-6-10-21(18(17)2)25-24(31)27-26-23(30)20-13-15-28(16-14-20)22(29)12-11-19-8-4-3-5-9-19/h3-12,20H,13-16H2,1-2H3,(H,26,30)(H2,25,27,31)/b12-11+. The normalized spacial score (nSPS) is 14.3. The molecule has 2 aromatic rings. The highest BCUT2D eigenvalue weighted by Gasteiger charge is 2.26. The molecule has 162 valence electrons. The van der Waals surface area contributed by atoms with Gasteiger partial charge in [0, 0.05) is 30.8 Å². The van der Waals surface area contributed by atoms with Gasteiger partial charge in [0.25, 0.3) is 0 Å². The number of anilines is 1. The van der Waals surface area contributed by atoms with Crippen LogP contribution in [0, 0.1) is 19.8 Å². The van der Waals surface area contributed by atoms with E-state index in [9.17, 15) is 9.59 Å². The number of carbonyl (C=O) groups is 2. The molecule has 0 saturated carbocycles. The molecule has 0 radical (unpaired) electrons. The van der Waals surface area contributed by atoms with Gasteiger partial charge in [-0.3, -0.25) is 20.4 Å². The van der Waals surface area contributed by atoms with Crippen molar-refractivity contribution in [3.8, 4) is 0 Å². The number of nitrogens with one attached hydrogen (secondary N) is 3. The Hall–Kier alpha value is -3.19. The fourth-order valence-electron chi connectivity index (χ4n) is 3.46. The number of rotatable bonds is 4. The smallest absolute Gasteiger partial charge is 0.246 e. The van der Waals surface area contributed by atoms with Gasteiger partial charge in [0.1, 0.15) is 0 Å². The summed E-state index contributed by atoms with van der Waals surface area (Å²) in [6, 6.07) is 15.6. The lowest BCUT2D eigenvalue weighted by Crippen LogP contribution is -2.49. The number of nitrogens with zero attached hydrogens (tertiary/aromatic N) is 1. The molecule has 1 fully saturated rings. The zero-order valence-electron chi connectivity index (χ0n) is 17.9. The number of likely N-dealkylation sites (tertiary alicyclic amines) is 1. The first-order valence-electron chi connectivity index (χ1n) is 10.4. The third-order valence-corrected chi connectivity index (χ3v) is 5.75. The van der Waals surface area contributed by atoms with Crippen LogP contribution in [-0.4, -0.2) is 34.9 Å². The van der Waals surface area contributed by atoms with E-state index in [0.717, 1.165) is 22.4 Å². The van der Waals surface area contributed by atoms with Crippen LogP contribution >= 0.6 is 12.2 Å². The van der Waals surface area contributed by atoms with Gasteiger partial charge in [-0.05, 0) is 67.7 Å². The number of thiocarbonyl (C=S) groups is 1. The van der Waals surface area contributed by atoms with Gasteiger partial charge in [-0.15, -0.1) is 0 Å². The molecule has 1 heterocycles. The summed E-state index contributed by atoms with van der Waals surface area (Å²) in [5.74, 6) is -0.296. The largest absolute Gasteiger partial charge is 0.339 e. The fourth-order valence-corrected chi connectivity index (χ4v) is 3.62. The Morgan fingerprint density at radius 2 is 1.71 bits per heavy atom. The van der Waals surface area contributed by atoms with Crippen LogP contribution in [0.3, 0.4) is 0 Å². The second-order valence-electron chi connectivity index (χ2n) is 7.66. The van der Waals surface area contributed by atoms with Crippen LogP contribution < -0.4 is 16.2 Å². The van der Waals surface area contributed by atoms with E-state index in [1.807, 2.05) is 68.5 Å². The van der Waals surface area contributed by atoms with E-state index in [2.05, 4.69) is 16.2 Å². The molecular weight excluding hydrogens is 408 g/mol. The Morgan fingerprint density at radius 1 is 1.00 bits per heavy atom. The van der Waals surface area contributed by atoms with E-state index < -0.39 is 0 Å². The number of hydrazine groups is 1. The molecule has 1 aliphatic rings. The summed E-state index contributed by atoms with van der Waals surface area (Å²) in [5, 5.41) is 3.44. The van der Waals surface area contributed by atoms with Crippen molar-refractivity contribution >= 4 is 40.9 Å². The second-order valence-corrected chi connectivity index (χ2v) is 8.07. The zero-order chi connectivity index (χ0) is 22.2. The van der Waals surface area contributed by atoms with E-state index in [1.165, 1.54) is 0 Å². The van der Waals surface area contributed by atoms with E-state index in [0.29, 0.717) is 31.0 Å². The first kappa shape index (κ1) is 22.5. The quantitative estimate of drug-likeness (QED) is 0.388. The summed E-state index contributed by atoms with van der Waals surface area (Å²) in [6.45, 7) is 5.17. The number of amides is 2. The van der Waals surface area contributed by atoms with Crippen molar-refractivity contribution in [1.29, 1.82) is 0 Å². The van der Waals surface area contributed by atoms with Gasteiger partial charge in [-0.25, -0.2) is 0 Å². The van der Waals surface area contributed by atoms with E-state index in [1.54, 1.807) is 11.0 Å². The number of piperidine rings is 1. The Morgan fingerprint density at radius 3 is 2.42 bits per heavy atom. The SMILES string of the molecule is Cc1cccc(NC(=S)NNC(=O)C2CCN(C(=O)/C=C/c3ccccc3)CC2)c1C. The first-order chi connectivity index (χ1) is 14.9. The Balaban J connectivity index is 1.41. The average Bonchev–Trinajstić information content (AvgIpc) is 2.79. The van der Waals surface area contributed by atoms with Crippen LogP contribution in [0.4, 0.5) is 5.69 Å². The molecule has 3 rings (SSSR count). The molecule has 0 aromatic heterocycles. The van der Waals surface area contributed by atoms with Crippen molar-refractivity contribution in [3.05, 3.63) is 71.3 Å². The lowest BCUT2D eigenvalue weighted by molar-refractivity contribution is -0.132. The molecule has 0 spiro atoms. The van der Waals surface area contributed by atoms with Crippen molar-refractivity contribution < 1.29 is 9.59 Å². The molecule has 0 atom stereocenters. The average molecular weight is 437 g/mol. The van der Waals surface area contributed by atoms with Gasteiger partial charge in [-0.1, -0.05) is 42.5 Å². The minimum atomic E-state index is -0.154. The van der Waals surface area contributed by atoms with Crippen molar-refractivity contribution in [2.45, 2.75) is 26.7 Å². The highest BCUT2D eigenvalue weighted by atomic mass is 32.1. The third kappa shape index (κ3) is 6.39. The number of carbonyl (C=O) groups excluding carboxylic acids is 2. The predicted octanol–water partition coefficient (Wildman–Crippen LogP) is 3.57. The maximum Gasteiger partial charge on any atom is 0.246 e. The molecule has 1 saturated heterocycles. The second kappa shape index (κ2) is 10.7. The predicted molar refractivity (Wildman–Crippen MR) is 128 cm³/mol. The Bertz CT molecular complexity index is 967. The van der Waals surface area contributed by atoms with E-state index in [-0.39, 0.29) is 17.7 Å². The summed E-state index contributed by atoms with van der Waals surface area (Å²) in [7, 11) is 0. The van der Waals surface area contributed by atoms with Gasteiger partial charge >= 0.3 is 0 Å². The van der Waals surface area contributed by atoms with Crippen molar-refractivity contribution in [2.24, 2.45) is 5.92 Å². The van der Waals surface area contributed by atoms with Crippen LogP contribution in [0.5, 0.6) is 0 Å². The van der Waals surface area contributed by atoms with Gasteiger partial charge in [0.2, 0.25) is 11.8 Å². The third-order valence-electron chi connectivity index (χ3n) is 5.55. The number of benzene rings is 2. The van der Waals surface area contributed by atoms with Crippen LogP contribution in [0.25, 0.3) is 6.08 Å². The summed E-state index contributed by atoms with van der Waals surface area (Å²) < 4.78 is 0. The molecule has 6 nitrogen and oxygen atoms in total. The van der Waals surface area contributed by atoms with E-state index >= 15 is 0 Å². The van der Waals surface area contributed by atoms with Crippen LogP contribution in [0.2, 0.25) is 0 Å². The zero-order valence-corrected chi connectivity index (χ0v) is 18.7. The minimum Gasteiger partial charge on any atom is -0.339 e. The number of hydrogen-bond donors (Lipinski definition) is 3. The molecule has 0 aliphatic carbocycles. The van der Waals surface area contributed by atoms with Crippen molar-refractivity contribution in [3.63, 3.8) is 0 Å². The highest BCUT2D eigenvalue weighted by Crippen LogP contribution is 2.19. The summed E-state index contributed by atoms with van der Waals surface area (Å²) >= 11 is 5.28. The summed E-state index contributed by atoms with van der Waals surface area (Å²) in [4.78, 5) is 26.7. The number of hydrogen-bond acceptors (Lipinski definition) is 3. The molecule has 31 heavy (non-hydrogen) atoms. The maximum absolute atomic E-state index is 12.5. The highest BCUT2D eigenvalue weighted by molar-refractivity contribution is 7.80. The maximum atomic E-state index is 12.5.